The molecule has 2 aromatic carbocycles. The van der Waals surface area contributed by atoms with E-state index < -0.39 is 17.7 Å². The highest BCUT2D eigenvalue weighted by molar-refractivity contribution is 7.80. The zero-order chi connectivity index (χ0) is 38.4. The lowest BCUT2D eigenvalue weighted by Gasteiger charge is -2.11. The number of thiol groups is 1. The molecule has 300 valence electrons. The number of benzene rings is 2. The Morgan fingerprint density at radius 2 is 1.15 bits per heavy atom. The fraction of sp³-hybridized carbons (Fsp3) is 0.667. The van der Waals surface area contributed by atoms with Crippen LogP contribution in [0.25, 0.3) is 0 Å². The molecular formula is C39H61NO12S. The Hall–Kier alpha value is -3.30. The third-order valence-corrected chi connectivity index (χ3v) is 8.74. The monoisotopic (exact) mass is 767 g/mol. The van der Waals surface area contributed by atoms with Crippen molar-refractivity contribution in [3.8, 4) is 23.0 Å². The average molecular weight is 768 g/mol. The second-order valence-electron chi connectivity index (χ2n) is 12.5. The second-order valence-corrected chi connectivity index (χ2v) is 13.0. The van der Waals surface area contributed by atoms with Crippen molar-refractivity contribution >= 4 is 24.5 Å². The molecule has 0 fully saturated rings. The quantitative estimate of drug-likeness (QED) is 0.0178. The number of nitro benzene ring substituents is 1. The van der Waals surface area contributed by atoms with Gasteiger partial charge in [-0.15, -0.1) is 0 Å². The Labute approximate surface area is 320 Å². The lowest BCUT2D eigenvalue weighted by atomic mass is 10.0. The standard InChI is InChI=1S/C39H61NO12S/c1-45-37-29-33(35(40(43)44)30-38(37)46-2)31-51-39(42)52-34-17-18-36(41)32(28-34)16-12-8-10-14-20-48-22-24-50-26-25-49-23-21-47-19-13-9-6-4-3-5-7-11-15-27-53/h17-18,28-30,41,53H,3-16,19-27,31H2,1-2H3. The van der Waals surface area contributed by atoms with Crippen LogP contribution in [0, 0.1) is 10.1 Å². The minimum atomic E-state index is -1.04. The Kier molecular flexibility index (Phi) is 26.0. The van der Waals surface area contributed by atoms with Gasteiger partial charge in [0, 0.05) is 13.2 Å². The van der Waals surface area contributed by atoms with E-state index in [1.807, 2.05) is 0 Å². The molecule has 0 saturated heterocycles. The number of unbranched alkanes of at least 4 members (excludes halogenated alkanes) is 11. The van der Waals surface area contributed by atoms with Gasteiger partial charge in [-0.05, 0) is 67.7 Å². The molecule has 0 aliphatic heterocycles. The number of nitrogens with zero attached hydrogens (tertiary/aromatic N) is 1. The van der Waals surface area contributed by atoms with Crippen molar-refractivity contribution in [1.82, 2.24) is 0 Å². The van der Waals surface area contributed by atoms with Crippen LogP contribution in [0.5, 0.6) is 23.0 Å². The molecule has 14 heteroatoms. The van der Waals surface area contributed by atoms with Gasteiger partial charge in [-0.2, -0.15) is 12.6 Å². The van der Waals surface area contributed by atoms with Crippen molar-refractivity contribution in [2.75, 3.05) is 72.8 Å². The summed E-state index contributed by atoms with van der Waals surface area (Å²) < 4.78 is 43.1. The van der Waals surface area contributed by atoms with Gasteiger partial charge in [-0.25, -0.2) is 4.79 Å². The number of nitro groups is 1. The van der Waals surface area contributed by atoms with Crippen LogP contribution in [0.3, 0.4) is 0 Å². The number of phenolic OH excluding ortho intramolecular Hbond substituents is 1. The minimum Gasteiger partial charge on any atom is -0.508 e. The molecule has 0 saturated carbocycles. The summed E-state index contributed by atoms with van der Waals surface area (Å²) in [5, 5.41) is 21.8. The van der Waals surface area contributed by atoms with Crippen molar-refractivity contribution in [2.45, 2.75) is 96.5 Å². The largest absolute Gasteiger partial charge is 0.514 e. The van der Waals surface area contributed by atoms with Gasteiger partial charge in [-0.1, -0.05) is 57.8 Å². The van der Waals surface area contributed by atoms with Gasteiger partial charge in [0.25, 0.3) is 5.69 Å². The highest BCUT2D eigenvalue weighted by atomic mass is 32.1. The summed E-state index contributed by atoms with van der Waals surface area (Å²) in [6.45, 7) is 4.37. The molecule has 53 heavy (non-hydrogen) atoms. The molecule has 2 rings (SSSR count). The van der Waals surface area contributed by atoms with E-state index in [9.17, 15) is 20.0 Å². The van der Waals surface area contributed by atoms with Gasteiger partial charge in [0.2, 0.25) is 0 Å². The lowest BCUT2D eigenvalue weighted by Crippen LogP contribution is -2.12. The molecule has 0 aliphatic rings. The zero-order valence-electron chi connectivity index (χ0n) is 31.7. The van der Waals surface area contributed by atoms with Gasteiger partial charge >= 0.3 is 6.16 Å². The summed E-state index contributed by atoms with van der Waals surface area (Å²) in [4.78, 5) is 23.3. The van der Waals surface area contributed by atoms with E-state index in [4.69, 9.17) is 37.9 Å². The molecule has 2 aromatic rings. The lowest BCUT2D eigenvalue weighted by molar-refractivity contribution is -0.385. The summed E-state index contributed by atoms with van der Waals surface area (Å²) in [5.41, 5.74) is 0.462. The molecule has 0 amide bonds. The number of aromatic hydroxyl groups is 1. The van der Waals surface area contributed by atoms with Gasteiger partial charge < -0.3 is 43.0 Å². The Balaban J connectivity index is 1.44. The first-order valence-electron chi connectivity index (χ1n) is 18.9. The summed E-state index contributed by atoms with van der Waals surface area (Å²) in [6, 6.07) is 7.05. The Morgan fingerprint density at radius 3 is 1.68 bits per heavy atom. The van der Waals surface area contributed by atoms with Crippen LogP contribution < -0.4 is 14.2 Å². The van der Waals surface area contributed by atoms with Crippen molar-refractivity contribution in [1.29, 1.82) is 0 Å². The van der Waals surface area contributed by atoms with Gasteiger partial charge in [0.1, 0.15) is 18.1 Å². The number of methoxy groups -OCH3 is 2. The van der Waals surface area contributed by atoms with E-state index in [1.165, 1.54) is 89.9 Å². The SMILES string of the molecule is COc1cc(COC(=O)Oc2ccc(O)c(CCCCCCOCCOCCOCCOCCCCCCCCCCCS)c2)c([N+](=O)[O-])cc1OC. The molecule has 13 nitrogen and oxygen atoms in total. The molecule has 0 unspecified atom stereocenters. The maximum atomic E-state index is 12.4. The number of rotatable bonds is 33. The number of carbonyl (C=O) groups excluding carboxylic acids is 1. The Morgan fingerprint density at radius 1 is 0.660 bits per heavy atom. The number of hydrogen-bond donors (Lipinski definition) is 2. The van der Waals surface area contributed by atoms with Gasteiger partial charge in [0.05, 0.1) is 70.4 Å². The van der Waals surface area contributed by atoms with Crippen molar-refractivity contribution in [3.63, 3.8) is 0 Å². The third-order valence-electron chi connectivity index (χ3n) is 8.43. The number of ether oxygens (including phenoxy) is 8. The van der Waals surface area contributed by atoms with Crippen LogP contribution >= 0.6 is 12.6 Å². The summed E-state index contributed by atoms with van der Waals surface area (Å²) in [6.07, 6.45) is 14.8. The van der Waals surface area contributed by atoms with E-state index in [0.717, 1.165) is 44.5 Å². The molecule has 0 atom stereocenters. The van der Waals surface area contributed by atoms with Crippen LogP contribution in [0.1, 0.15) is 94.6 Å². The van der Waals surface area contributed by atoms with Crippen LogP contribution in [0.15, 0.2) is 30.3 Å². The zero-order valence-corrected chi connectivity index (χ0v) is 32.6. The topological polar surface area (TPSA) is 154 Å². The normalized spacial score (nSPS) is 11.1. The highest BCUT2D eigenvalue weighted by Gasteiger charge is 2.21. The number of aryl methyl sites for hydroxylation is 1. The van der Waals surface area contributed by atoms with Crippen LogP contribution in [0.2, 0.25) is 0 Å². The molecular weight excluding hydrogens is 706 g/mol. The average Bonchev–Trinajstić information content (AvgIpc) is 3.16. The smallest absolute Gasteiger partial charge is 0.508 e. The number of hydrogen-bond acceptors (Lipinski definition) is 13. The first-order chi connectivity index (χ1) is 25.9. The molecule has 0 bridgehead atoms. The second kappa shape index (κ2) is 30.1. The van der Waals surface area contributed by atoms with Crippen molar-refractivity contribution in [3.05, 3.63) is 51.6 Å². The molecule has 0 spiro atoms. The summed E-state index contributed by atoms with van der Waals surface area (Å²) >= 11 is 4.25. The van der Waals surface area contributed by atoms with Crippen molar-refractivity contribution in [2.24, 2.45) is 0 Å². The summed E-state index contributed by atoms with van der Waals surface area (Å²) in [7, 11) is 2.76. The fourth-order valence-corrected chi connectivity index (χ4v) is 5.70. The van der Waals surface area contributed by atoms with E-state index in [0.29, 0.717) is 58.2 Å². The van der Waals surface area contributed by atoms with Gasteiger partial charge in [0.15, 0.2) is 11.5 Å². The summed E-state index contributed by atoms with van der Waals surface area (Å²) in [5.74, 6) is 1.74. The fourth-order valence-electron chi connectivity index (χ4n) is 5.47. The van der Waals surface area contributed by atoms with Crippen LogP contribution in [0.4, 0.5) is 10.5 Å². The molecule has 0 heterocycles. The Bertz CT molecular complexity index is 1280. The van der Waals surface area contributed by atoms with Gasteiger partial charge in [-0.3, -0.25) is 10.1 Å². The number of phenols is 1. The predicted octanol–water partition coefficient (Wildman–Crippen LogP) is 8.64. The molecule has 0 aliphatic carbocycles. The molecule has 1 N–H and O–H groups in total. The third kappa shape index (κ3) is 21.2. The minimum absolute atomic E-state index is 0.104. The van der Waals surface area contributed by atoms with Crippen molar-refractivity contribution < 1.29 is 52.7 Å². The molecule has 0 aromatic heterocycles. The maximum Gasteiger partial charge on any atom is 0.514 e. The van der Waals surface area contributed by atoms with E-state index in [-0.39, 0.29) is 34.2 Å². The predicted molar refractivity (Wildman–Crippen MR) is 206 cm³/mol. The molecule has 0 radical (unpaired) electrons. The van der Waals surface area contributed by atoms with E-state index in [2.05, 4.69) is 12.6 Å². The first kappa shape index (κ1) is 45.9. The maximum absolute atomic E-state index is 12.4. The van der Waals surface area contributed by atoms with Crippen LogP contribution in [-0.4, -0.2) is 89.0 Å². The first-order valence-corrected chi connectivity index (χ1v) is 19.5. The van der Waals surface area contributed by atoms with E-state index >= 15 is 0 Å². The highest BCUT2D eigenvalue weighted by Crippen LogP contribution is 2.35. The van der Waals surface area contributed by atoms with Crippen LogP contribution in [-0.2, 0) is 36.7 Å². The van der Waals surface area contributed by atoms with E-state index in [1.54, 1.807) is 6.07 Å². The number of carbonyl (C=O) groups is 1.